The number of para-hydroxylation sites is 2. The number of nitrogens with one attached hydrogen (secondary N) is 2. The van der Waals surface area contributed by atoms with E-state index in [1.807, 2.05) is 24.3 Å². The highest BCUT2D eigenvalue weighted by Crippen LogP contribution is 2.03. The van der Waals surface area contributed by atoms with Gasteiger partial charge in [0.05, 0.1) is 13.2 Å². The van der Waals surface area contributed by atoms with Gasteiger partial charge < -0.3 is 30.6 Å². The summed E-state index contributed by atoms with van der Waals surface area (Å²) in [6.07, 6.45) is 0. The second-order valence-corrected chi connectivity index (χ2v) is 3.36. The van der Waals surface area contributed by atoms with Crippen LogP contribution in [0.4, 0.5) is 0 Å². The third-order valence-corrected chi connectivity index (χ3v) is 1.80. The molecule has 1 aromatic heterocycles. The molecule has 2 rings (SSSR count). The van der Waals surface area contributed by atoms with E-state index in [1.54, 1.807) is 0 Å². The maximum Gasteiger partial charge on any atom is 0.631 e. The molecular formula is C10H19BN4O5. The van der Waals surface area contributed by atoms with Crippen molar-refractivity contribution in [2.24, 2.45) is 0 Å². The summed E-state index contributed by atoms with van der Waals surface area (Å²) in [5.74, 6) is 0. The van der Waals surface area contributed by atoms with Crippen molar-refractivity contribution in [1.29, 1.82) is 0 Å². The van der Waals surface area contributed by atoms with Crippen LogP contribution < -0.4 is 5.32 Å². The maximum absolute atomic E-state index is 8.15. The van der Waals surface area contributed by atoms with E-state index in [1.165, 1.54) is 0 Å². The maximum atomic E-state index is 8.15. The van der Waals surface area contributed by atoms with Crippen LogP contribution >= 0.6 is 0 Å². The van der Waals surface area contributed by atoms with Crippen LogP contribution in [0, 0.1) is 0 Å². The van der Waals surface area contributed by atoms with Gasteiger partial charge in [-0.15, -0.1) is 0 Å². The Kier molecular flexibility index (Phi) is 11.5. The van der Waals surface area contributed by atoms with E-state index in [4.69, 9.17) is 25.3 Å². The summed E-state index contributed by atoms with van der Waals surface area (Å²) in [5.41, 5.74) is 1.83. The third-order valence-electron chi connectivity index (χ3n) is 1.80. The quantitative estimate of drug-likeness (QED) is 0.240. The molecule has 112 valence electrons. The number of nitrogens with zero attached hydrogens (tertiary/aromatic N) is 2. The van der Waals surface area contributed by atoms with E-state index < -0.39 is 7.32 Å². The Hall–Kier alpha value is -1.56. The van der Waals surface area contributed by atoms with Crippen molar-refractivity contribution in [3.05, 3.63) is 24.3 Å². The molecule has 0 unspecified atom stereocenters. The molecule has 0 spiro atoms. The van der Waals surface area contributed by atoms with Gasteiger partial charge in [-0.1, -0.05) is 12.1 Å². The smallest absolute Gasteiger partial charge is 0.402 e. The molecule has 0 amide bonds. The summed E-state index contributed by atoms with van der Waals surface area (Å²) in [5, 5.41) is 50.9. The third kappa shape index (κ3) is 10.4. The molecule has 20 heavy (non-hydrogen) atoms. The molecule has 1 aromatic carbocycles. The number of aliphatic hydroxyl groups is 2. The summed E-state index contributed by atoms with van der Waals surface area (Å²) >= 11 is 0. The van der Waals surface area contributed by atoms with Crippen LogP contribution in [0.2, 0.25) is 0 Å². The zero-order valence-corrected chi connectivity index (χ0v) is 10.8. The molecule has 7 N–H and O–H groups in total. The predicted octanol–water partition coefficient (Wildman–Crippen LogP) is -2.53. The van der Waals surface area contributed by atoms with E-state index >= 15 is 0 Å². The molecule has 0 aliphatic heterocycles. The van der Waals surface area contributed by atoms with E-state index in [0.717, 1.165) is 11.0 Å². The van der Waals surface area contributed by atoms with Crippen LogP contribution in [-0.4, -0.2) is 74.3 Å². The average Bonchev–Trinajstić information content (AvgIpc) is 2.88. The number of hydrogen-bond acceptors (Lipinski definition) is 8. The van der Waals surface area contributed by atoms with Crippen LogP contribution in [0.1, 0.15) is 0 Å². The van der Waals surface area contributed by atoms with Crippen molar-refractivity contribution < 1.29 is 25.3 Å². The first-order valence-electron chi connectivity index (χ1n) is 5.84. The summed E-state index contributed by atoms with van der Waals surface area (Å²) in [6.45, 7) is 1.42. The summed E-state index contributed by atoms with van der Waals surface area (Å²) in [4.78, 5) is 0. The first-order valence-corrected chi connectivity index (χ1v) is 5.84. The molecule has 0 saturated carbocycles. The first kappa shape index (κ1) is 18.4. The zero-order valence-electron chi connectivity index (χ0n) is 10.8. The number of aliphatic hydroxyl groups excluding tert-OH is 2. The first-order chi connectivity index (χ1) is 9.61. The van der Waals surface area contributed by atoms with Crippen molar-refractivity contribution in [2.45, 2.75) is 0 Å². The molecule has 0 aliphatic carbocycles. The Labute approximate surface area is 116 Å². The Balaban J connectivity index is 0.000000296. The number of aromatic amines is 1. The van der Waals surface area contributed by atoms with E-state index in [9.17, 15) is 0 Å². The molecule has 9 nitrogen and oxygen atoms in total. The highest BCUT2D eigenvalue weighted by molar-refractivity contribution is 6.30. The van der Waals surface area contributed by atoms with Gasteiger partial charge in [-0.2, -0.15) is 15.4 Å². The predicted molar refractivity (Wildman–Crippen MR) is 73.3 cm³/mol. The monoisotopic (exact) mass is 286 g/mol. The molecule has 0 atom stereocenters. The van der Waals surface area contributed by atoms with Gasteiger partial charge in [0, 0.05) is 13.1 Å². The number of fused-ring (bicyclic) bond motifs is 1. The lowest BCUT2D eigenvalue weighted by atomic mass is 10.3. The second-order valence-electron chi connectivity index (χ2n) is 3.36. The minimum absolute atomic E-state index is 0.139. The fraction of sp³-hybridized carbons (Fsp3) is 0.400. The largest absolute Gasteiger partial charge is 0.631 e. The zero-order chi connectivity index (χ0) is 15.2. The lowest BCUT2D eigenvalue weighted by Crippen LogP contribution is -2.21. The second kappa shape index (κ2) is 12.5. The summed E-state index contributed by atoms with van der Waals surface area (Å²) in [7, 11) is -2.17. The van der Waals surface area contributed by atoms with Crippen molar-refractivity contribution in [2.75, 3.05) is 26.3 Å². The van der Waals surface area contributed by atoms with Crippen LogP contribution in [0.25, 0.3) is 11.0 Å². The van der Waals surface area contributed by atoms with Crippen molar-refractivity contribution in [3.63, 3.8) is 0 Å². The SMILES string of the molecule is OB(O)O.OCCNCCO.c1ccc2n[nH]nc2c1. The lowest BCUT2D eigenvalue weighted by Gasteiger charge is -1.94. The molecule has 0 saturated heterocycles. The van der Waals surface area contributed by atoms with Gasteiger partial charge in [-0.3, -0.25) is 0 Å². The van der Waals surface area contributed by atoms with Gasteiger partial charge in [0.2, 0.25) is 0 Å². The number of hydrogen-bond donors (Lipinski definition) is 7. The van der Waals surface area contributed by atoms with E-state index in [0.29, 0.717) is 13.1 Å². The van der Waals surface area contributed by atoms with Crippen LogP contribution in [-0.2, 0) is 0 Å². The molecule has 0 aliphatic rings. The average molecular weight is 286 g/mol. The molecule has 2 aromatic rings. The molecule has 0 fully saturated rings. The minimum Gasteiger partial charge on any atom is -0.402 e. The van der Waals surface area contributed by atoms with Gasteiger partial charge in [0.15, 0.2) is 0 Å². The van der Waals surface area contributed by atoms with Gasteiger partial charge >= 0.3 is 7.32 Å². The van der Waals surface area contributed by atoms with Crippen LogP contribution in [0.15, 0.2) is 24.3 Å². The summed E-state index contributed by atoms with van der Waals surface area (Å²) in [6, 6.07) is 7.70. The van der Waals surface area contributed by atoms with Gasteiger partial charge in [-0.05, 0) is 12.1 Å². The fourth-order valence-electron chi connectivity index (χ4n) is 1.07. The molecule has 0 bridgehead atoms. The number of H-pyrrole nitrogens is 1. The van der Waals surface area contributed by atoms with Crippen molar-refractivity contribution in [1.82, 2.24) is 20.7 Å². The Morgan fingerprint density at radius 2 is 1.35 bits per heavy atom. The number of benzene rings is 1. The highest BCUT2D eigenvalue weighted by Gasteiger charge is 1.92. The Morgan fingerprint density at radius 3 is 1.70 bits per heavy atom. The molecule has 10 heteroatoms. The highest BCUT2D eigenvalue weighted by atomic mass is 16.5. The van der Waals surface area contributed by atoms with Crippen LogP contribution in [0.5, 0.6) is 0 Å². The van der Waals surface area contributed by atoms with Crippen molar-refractivity contribution in [3.8, 4) is 0 Å². The van der Waals surface area contributed by atoms with E-state index in [2.05, 4.69) is 20.7 Å². The van der Waals surface area contributed by atoms with Gasteiger partial charge in [0.25, 0.3) is 0 Å². The Morgan fingerprint density at radius 1 is 0.950 bits per heavy atom. The standard InChI is InChI=1S/C6H5N3.C4H11NO2.BH3O3/c1-2-4-6-5(3-1)7-9-8-6;6-3-1-5-2-4-7;2-1(3)4/h1-4H,(H,7,8,9);5-7H,1-4H2;2-4H. The number of aromatic nitrogens is 3. The minimum atomic E-state index is -2.17. The molecular weight excluding hydrogens is 267 g/mol. The topological polar surface area (TPSA) is 155 Å². The normalized spacial score (nSPS) is 9.25. The van der Waals surface area contributed by atoms with Crippen molar-refractivity contribution >= 4 is 18.4 Å². The van der Waals surface area contributed by atoms with Gasteiger partial charge in [-0.25, -0.2) is 0 Å². The summed E-state index contributed by atoms with van der Waals surface area (Å²) < 4.78 is 0. The van der Waals surface area contributed by atoms with E-state index in [-0.39, 0.29) is 13.2 Å². The Bertz CT molecular complexity index is 405. The lowest BCUT2D eigenvalue weighted by molar-refractivity contribution is 0.266. The number of rotatable bonds is 4. The van der Waals surface area contributed by atoms with Gasteiger partial charge in [0.1, 0.15) is 11.0 Å². The molecule has 0 radical (unpaired) electrons. The molecule has 1 heterocycles. The fourth-order valence-corrected chi connectivity index (χ4v) is 1.07. The van der Waals surface area contributed by atoms with Crippen LogP contribution in [0.3, 0.4) is 0 Å².